The number of hydrogen-bond donors (Lipinski definition) is 6. The highest BCUT2D eigenvalue weighted by Gasteiger charge is 2.28. The molecule has 176 valence electrons. The van der Waals surface area contributed by atoms with Crippen molar-refractivity contribution in [2.24, 2.45) is 11.7 Å². The zero-order chi connectivity index (χ0) is 23.4. The number of carboxylic acid groups (broad SMARTS) is 1. The number of thiol groups is 1. The Morgan fingerprint density at radius 1 is 1.23 bits per heavy atom. The zero-order valence-electron chi connectivity index (χ0n) is 18.9. The van der Waals surface area contributed by atoms with Crippen LogP contribution >= 0.6 is 24.4 Å². The van der Waals surface area contributed by atoms with Gasteiger partial charge < -0.3 is 21.5 Å². The lowest BCUT2D eigenvalue weighted by Crippen LogP contribution is -2.61. The number of benzene rings is 1. The largest absolute Gasteiger partial charge is 0.480 e. The summed E-state index contributed by atoms with van der Waals surface area (Å²) in [6.07, 6.45) is 2.75. The summed E-state index contributed by atoms with van der Waals surface area (Å²) < 4.78 is 0. The molecule has 7 nitrogen and oxygen atoms in total. The van der Waals surface area contributed by atoms with Gasteiger partial charge in [0.15, 0.2) is 0 Å². The van der Waals surface area contributed by atoms with Crippen LogP contribution < -0.4 is 21.7 Å². The molecular weight excluding hydrogens is 432 g/mol. The van der Waals surface area contributed by atoms with Crippen LogP contribution in [0.1, 0.15) is 32.8 Å². The predicted molar refractivity (Wildman–Crippen MR) is 133 cm³/mol. The Morgan fingerprint density at radius 2 is 1.87 bits per heavy atom. The Kier molecular flexibility index (Phi) is 12.5. The number of nitrogens with two attached hydrogens (primary N) is 1. The molecule has 0 saturated carbocycles. The summed E-state index contributed by atoms with van der Waals surface area (Å²) in [5, 5.41) is 18.9. The Labute approximate surface area is 196 Å². The van der Waals surface area contributed by atoms with Gasteiger partial charge in [0.25, 0.3) is 0 Å². The van der Waals surface area contributed by atoms with E-state index in [1.807, 2.05) is 43.5 Å². The molecule has 31 heavy (non-hydrogen) atoms. The van der Waals surface area contributed by atoms with E-state index in [4.69, 9.17) is 5.73 Å². The average molecular weight is 471 g/mol. The average Bonchev–Trinajstić information content (AvgIpc) is 2.73. The van der Waals surface area contributed by atoms with Crippen molar-refractivity contribution in [3.8, 4) is 0 Å². The van der Waals surface area contributed by atoms with E-state index in [9.17, 15) is 14.7 Å². The van der Waals surface area contributed by atoms with Crippen LogP contribution in [-0.4, -0.2) is 65.1 Å². The molecular formula is C22H38N4O3S2. The standard InChI is InChI=1S/C22H38N4O3S2/c1-15(2)19(26-22(3,23)14-30)13-24-18(12-16-8-6-5-7-9-16)20(27)25-17(21(28)29)10-11-31-4/h5-9,15,17-19,24,26,30H,10-14,23H2,1-4H3,(H,25,27)(H,28,29)/t17-,18-,19+,22+/m0/s1. The Balaban J connectivity index is 2.94. The minimum absolute atomic E-state index is 0.0139. The van der Waals surface area contributed by atoms with Gasteiger partial charge in [-0.15, -0.1) is 0 Å². The Bertz CT molecular complexity index is 674. The Morgan fingerprint density at radius 3 is 2.39 bits per heavy atom. The van der Waals surface area contributed by atoms with Gasteiger partial charge in [-0.2, -0.15) is 24.4 Å². The summed E-state index contributed by atoms with van der Waals surface area (Å²) in [5.41, 5.74) is 6.59. The highest BCUT2D eigenvalue weighted by atomic mass is 32.2. The molecule has 1 rings (SSSR count). The molecule has 0 aromatic heterocycles. The summed E-state index contributed by atoms with van der Waals surface area (Å²) in [6, 6.07) is 8.23. The molecule has 0 spiro atoms. The summed E-state index contributed by atoms with van der Waals surface area (Å²) >= 11 is 5.86. The summed E-state index contributed by atoms with van der Waals surface area (Å²) in [6.45, 7) is 6.56. The van der Waals surface area contributed by atoms with Gasteiger partial charge in [0, 0.05) is 18.3 Å². The van der Waals surface area contributed by atoms with Gasteiger partial charge in [-0.1, -0.05) is 44.2 Å². The van der Waals surface area contributed by atoms with E-state index in [-0.39, 0.29) is 17.9 Å². The zero-order valence-corrected chi connectivity index (χ0v) is 20.6. The lowest BCUT2D eigenvalue weighted by atomic mass is 10.00. The second-order valence-electron chi connectivity index (χ2n) is 8.40. The number of nitrogens with one attached hydrogen (secondary N) is 3. The SMILES string of the molecule is CSCC[C@H](NC(=O)[C@H](Cc1ccccc1)NC[C@@H](N[C@@](C)(N)CS)C(C)C)C(=O)O. The molecule has 0 fully saturated rings. The molecule has 0 aliphatic heterocycles. The number of carbonyl (C=O) groups excluding carboxylic acids is 1. The number of carboxylic acids is 1. The lowest BCUT2D eigenvalue weighted by Gasteiger charge is -2.34. The van der Waals surface area contributed by atoms with Crippen molar-refractivity contribution >= 4 is 36.3 Å². The molecule has 0 unspecified atom stereocenters. The second kappa shape index (κ2) is 14.0. The molecule has 1 aromatic rings. The van der Waals surface area contributed by atoms with E-state index < -0.39 is 23.7 Å². The smallest absolute Gasteiger partial charge is 0.326 e. The summed E-state index contributed by atoms with van der Waals surface area (Å²) in [7, 11) is 0. The number of amides is 1. The number of hydrogen-bond acceptors (Lipinski definition) is 7. The first-order valence-corrected chi connectivity index (χ1v) is 12.6. The van der Waals surface area contributed by atoms with E-state index in [1.54, 1.807) is 11.8 Å². The second-order valence-corrected chi connectivity index (χ2v) is 9.70. The van der Waals surface area contributed by atoms with Crippen LogP contribution in [0, 0.1) is 5.92 Å². The first kappa shape index (κ1) is 27.8. The molecule has 0 radical (unpaired) electrons. The fourth-order valence-corrected chi connectivity index (χ4v) is 3.63. The molecule has 1 aromatic carbocycles. The first-order chi connectivity index (χ1) is 14.6. The monoisotopic (exact) mass is 470 g/mol. The lowest BCUT2D eigenvalue weighted by molar-refractivity contribution is -0.142. The van der Waals surface area contributed by atoms with Crippen LogP contribution in [0.2, 0.25) is 0 Å². The van der Waals surface area contributed by atoms with Crippen LogP contribution in [0.25, 0.3) is 0 Å². The molecule has 0 heterocycles. The van der Waals surface area contributed by atoms with Crippen LogP contribution in [0.4, 0.5) is 0 Å². The molecule has 9 heteroatoms. The molecule has 0 aliphatic carbocycles. The van der Waals surface area contributed by atoms with Gasteiger partial charge in [-0.25, -0.2) is 4.79 Å². The highest BCUT2D eigenvalue weighted by molar-refractivity contribution is 7.98. The van der Waals surface area contributed by atoms with E-state index in [2.05, 4.69) is 42.4 Å². The van der Waals surface area contributed by atoms with Gasteiger partial charge in [0.05, 0.1) is 11.7 Å². The third-order valence-electron chi connectivity index (χ3n) is 5.06. The number of carbonyl (C=O) groups is 2. The summed E-state index contributed by atoms with van der Waals surface area (Å²) in [5.74, 6) is 0.0652. The van der Waals surface area contributed by atoms with Crippen LogP contribution in [0.3, 0.4) is 0 Å². The fraction of sp³-hybridized carbons (Fsp3) is 0.636. The minimum Gasteiger partial charge on any atom is -0.480 e. The number of thioether (sulfide) groups is 1. The third kappa shape index (κ3) is 10.7. The highest BCUT2D eigenvalue weighted by Crippen LogP contribution is 2.09. The van der Waals surface area contributed by atoms with Gasteiger partial charge in [-0.3, -0.25) is 10.1 Å². The predicted octanol–water partition coefficient (Wildman–Crippen LogP) is 1.73. The number of rotatable bonds is 15. The first-order valence-electron chi connectivity index (χ1n) is 10.6. The van der Waals surface area contributed by atoms with Crippen LogP contribution in [0.15, 0.2) is 30.3 Å². The van der Waals surface area contributed by atoms with E-state index >= 15 is 0 Å². The maximum absolute atomic E-state index is 13.0. The molecule has 0 bridgehead atoms. The molecule has 0 aliphatic rings. The molecule has 0 saturated heterocycles. The van der Waals surface area contributed by atoms with Crippen molar-refractivity contribution in [2.45, 2.75) is 57.4 Å². The fourth-order valence-electron chi connectivity index (χ4n) is 3.06. The van der Waals surface area contributed by atoms with Gasteiger partial charge in [0.2, 0.25) is 5.91 Å². The van der Waals surface area contributed by atoms with E-state index in [1.165, 1.54) is 0 Å². The topological polar surface area (TPSA) is 116 Å². The van der Waals surface area contributed by atoms with Crippen LogP contribution in [0.5, 0.6) is 0 Å². The minimum atomic E-state index is -1.02. The van der Waals surface area contributed by atoms with Crippen molar-refractivity contribution in [3.63, 3.8) is 0 Å². The summed E-state index contributed by atoms with van der Waals surface area (Å²) in [4.78, 5) is 24.6. The van der Waals surface area contributed by atoms with Crippen molar-refractivity contribution in [1.82, 2.24) is 16.0 Å². The van der Waals surface area contributed by atoms with Gasteiger partial charge in [0.1, 0.15) is 6.04 Å². The maximum Gasteiger partial charge on any atom is 0.326 e. The van der Waals surface area contributed by atoms with Crippen molar-refractivity contribution in [1.29, 1.82) is 0 Å². The molecule has 6 N–H and O–H groups in total. The molecule has 1 amide bonds. The van der Waals surface area contributed by atoms with Crippen molar-refractivity contribution in [2.75, 3.05) is 24.3 Å². The van der Waals surface area contributed by atoms with Crippen LogP contribution in [-0.2, 0) is 16.0 Å². The van der Waals surface area contributed by atoms with Gasteiger partial charge in [-0.05, 0) is 43.3 Å². The van der Waals surface area contributed by atoms with E-state index in [0.717, 1.165) is 5.56 Å². The quantitative estimate of drug-likeness (QED) is 0.171. The number of aliphatic carboxylic acids is 1. The van der Waals surface area contributed by atoms with Crippen molar-refractivity contribution in [3.05, 3.63) is 35.9 Å². The van der Waals surface area contributed by atoms with E-state index in [0.29, 0.717) is 30.9 Å². The Hall–Kier alpha value is -1.26. The van der Waals surface area contributed by atoms with Crippen molar-refractivity contribution < 1.29 is 14.7 Å². The third-order valence-corrected chi connectivity index (χ3v) is 6.36. The maximum atomic E-state index is 13.0. The molecule has 4 atom stereocenters. The van der Waals surface area contributed by atoms with Gasteiger partial charge >= 0.3 is 5.97 Å². The normalized spacial score (nSPS) is 16.4.